The molecule has 2 aromatic carbocycles. The summed E-state index contributed by atoms with van der Waals surface area (Å²) in [6.07, 6.45) is 0. The Kier molecular flexibility index (Phi) is 5.94. The first-order valence-corrected chi connectivity index (χ1v) is 7.30. The van der Waals surface area contributed by atoms with E-state index in [1.165, 1.54) is 0 Å². The van der Waals surface area contributed by atoms with E-state index >= 15 is 0 Å². The van der Waals surface area contributed by atoms with E-state index in [1.54, 1.807) is 26.2 Å². The normalized spacial score (nSPS) is 10.2. The Labute approximate surface area is 136 Å². The number of ether oxygens (including phenoxy) is 3. The Morgan fingerprint density at radius 2 is 1.43 bits per heavy atom. The van der Waals surface area contributed by atoms with Crippen molar-refractivity contribution in [3.63, 3.8) is 0 Å². The molecular weight excluding hydrogens is 292 g/mol. The highest BCUT2D eigenvalue weighted by Crippen LogP contribution is 2.24. The van der Waals surface area contributed by atoms with E-state index in [0.717, 1.165) is 16.9 Å². The lowest BCUT2D eigenvalue weighted by molar-refractivity contribution is -0.130. The number of carbonyl (C=O) groups is 1. The van der Waals surface area contributed by atoms with Gasteiger partial charge in [0, 0.05) is 12.7 Å². The highest BCUT2D eigenvalue weighted by atomic mass is 16.5. The fraction of sp³-hybridized carbons (Fsp3) is 0.211. The third-order valence-electron chi connectivity index (χ3n) is 3.16. The van der Waals surface area contributed by atoms with Crippen molar-refractivity contribution in [2.45, 2.75) is 6.92 Å². The van der Waals surface area contributed by atoms with Crippen LogP contribution in [0.25, 0.3) is 11.1 Å². The molecule has 23 heavy (non-hydrogen) atoms. The van der Waals surface area contributed by atoms with E-state index in [-0.39, 0.29) is 0 Å². The van der Waals surface area contributed by atoms with Crippen molar-refractivity contribution in [2.24, 2.45) is 0 Å². The predicted octanol–water partition coefficient (Wildman–Crippen LogP) is 3.86. The molecule has 0 radical (unpaired) electrons. The third-order valence-corrected chi connectivity index (χ3v) is 3.16. The first-order chi connectivity index (χ1) is 11.1. The van der Waals surface area contributed by atoms with Gasteiger partial charge < -0.3 is 14.2 Å². The van der Waals surface area contributed by atoms with Gasteiger partial charge in [0.2, 0.25) is 0 Å². The van der Waals surface area contributed by atoms with E-state index in [4.69, 9.17) is 14.2 Å². The van der Waals surface area contributed by atoms with Crippen molar-refractivity contribution in [1.29, 1.82) is 0 Å². The van der Waals surface area contributed by atoms with Crippen LogP contribution in [0.1, 0.15) is 6.92 Å². The lowest BCUT2D eigenvalue weighted by Gasteiger charge is -2.08. The summed E-state index contributed by atoms with van der Waals surface area (Å²) in [4.78, 5) is 11.5. The third kappa shape index (κ3) is 4.97. The molecule has 2 aromatic rings. The topological polar surface area (TPSA) is 44.8 Å². The SMILES string of the molecule is C=C(C)C(=O)Oc1ccc(-c2ccc(OCCOC)cc2)cc1. The number of benzene rings is 2. The maximum absolute atomic E-state index is 11.5. The van der Waals surface area contributed by atoms with Crippen LogP contribution >= 0.6 is 0 Å². The largest absolute Gasteiger partial charge is 0.491 e. The smallest absolute Gasteiger partial charge is 0.338 e. The summed E-state index contributed by atoms with van der Waals surface area (Å²) < 4.78 is 15.6. The van der Waals surface area contributed by atoms with Crippen LogP contribution in [0.3, 0.4) is 0 Å². The maximum Gasteiger partial charge on any atom is 0.338 e. The van der Waals surface area contributed by atoms with Gasteiger partial charge in [-0.15, -0.1) is 0 Å². The Balaban J connectivity index is 2.01. The highest BCUT2D eigenvalue weighted by Gasteiger charge is 2.05. The molecule has 0 saturated carbocycles. The molecule has 0 amide bonds. The zero-order valence-corrected chi connectivity index (χ0v) is 13.4. The average Bonchev–Trinajstić information content (AvgIpc) is 2.56. The van der Waals surface area contributed by atoms with Crippen molar-refractivity contribution in [2.75, 3.05) is 20.3 Å². The number of rotatable bonds is 7. The number of methoxy groups -OCH3 is 1. The van der Waals surface area contributed by atoms with Gasteiger partial charge >= 0.3 is 5.97 Å². The minimum Gasteiger partial charge on any atom is -0.491 e. The first-order valence-electron chi connectivity index (χ1n) is 7.30. The lowest BCUT2D eigenvalue weighted by atomic mass is 10.1. The van der Waals surface area contributed by atoms with Gasteiger partial charge in [0.25, 0.3) is 0 Å². The van der Waals surface area contributed by atoms with Crippen molar-refractivity contribution in [3.05, 3.63) is 60.7 Å². The molecule has 0 aromatic heterocycles. The second-order valence-electron chi connectivity index (χ2n) is 5.06. The molecule has 0 spiro atoms. The average molecular weight is 312 g/mol. The van der Waals surface area contributed by atoms with Crippen LogP contribution in [-0.2, 0) is 9.53 Å². The summed E-state index contributed by atoms with van der Waals surface area (Å²) in [7, 11) is 1.64. The molecule has 0 aliphatic heterocycles. The minimum absolute atomic E-state index is 0.373. The van der Waals surface area contributed by atoms with E-state index in [9.17, 15) is 4.79 Å². The van der Waals surface area contributed by atoms with Crippen molar-refractivity contribution in [1.82, 2.24) is 0 Å². The van der Waals surface area contributed by atoms with Crippen LogP contribution in [0, 0.1) is 0 Å². The second-order valence-corrected chi connectivity index (χ2v) is 5.06. The molecule has 0 atom stereocenters. The summed E-state index contributed by atoms with van der Waals surface area (Å²) >= 11 is 0. The minimum atomic E-state index is -0.421. The summed E-state index contributed by atoms with van der Waals surface area (Å²) in [5.41, 5.74) is 2.46. The van der Waals surface area contributed by atoms with Gasteiger partial charge in [-0.1, -0.05) is 30.8 Å². The molecule has 120 valence electrons. The monoisotopic (exact) mass is 312 g/mol. The van der Waals surface area contributed by atoms with Crippen LogP contribution in [0.5, 0.6) is 11.5 Å². The number of hydrogen-bond donors (Lipinski definition) is 0. The fourth-order valence-electron chi connectivity index (χ4n) is 1.90. The van der Waals surface area contributed by atoms with E-state index in [2.05, 4.69) is 6.58 Å². The van der Waals surface area contributed by atoms with Crippen molar-refractivity contribution in [3.8, 4) is 22.6 Å². The van der Waals surface area contributed by atoms with Gasteiger partial charge in [-0.3, -0.25) is 0 Å². The van der Waals surface area contributed by atoms with Crippen LogP contribution < -0.4 is 9.47 Å². The van der Waals surface area contributed by atoms with E-state index in [0.29, 0.717) is 24.5 Å². The Morgan fingerprint density at radius 3 is 1.91 bits per heavy atom. The number of esters is 1. The summed E-state index contributed by atoms with van der Waals surface area (Å²) in [5.74, 6) is 0.884. The summed E-state index contributed by atoms with van der Waals surface area (Å²) in [6, 6.07) is 15.1. The predicted molar refractivity (Wildman–Crippen MR) is 89.7 cm³/mol. The van der Waals surface area contributed by atoms with Gasteiger partial charge in [0.1, 0.15) is 18.1 Å². The molecule has 0 unspecified atom stereocenters. The van der Waals surface area contributed by atoms with Crippen molar-refractivity contribution < 1.29 is 19.0 Å². The molecule has 4 nitrogen and oxygen atoms in total. The van der Waals surface area contributed by atoms with Crippen LogP contribution in [0.4, 0.5) is 0 Å². The molecule has 0 aliphatic carbocycles. The molecule has 0 aliphatic rings. The number of hydrogen-bond acceptors (Lipinski definition) is 4. The summed E-state index contributed by atoms with van der Waals surface area (Å²) in [6.45, 7) is 6.26. The fourth-order valence-corrected chi connectivity index (χ4v) is 1.90. The molecular formula is C19H20O4. The van der Waals surface area contributed by atoms with Crippen LogP contribution in [-0.4, -0.2) is 26.3 Å². The van der Waals surface area contributed by atoms with Gasteiger partial charge in [0.05, 0.1) is 6.61 Å². The lowest BCUT2D eigenvalue weighted by Crippen LogP contribution is -2.07. The Morgan fingerprint density at radius 1 is 0.913 bits per heavy atom. The van der Waals surface area contributed by atoms with Gasteiger partial charge in [-0.2, -0.15) is 0 Å². The summed E-state index contributed by atoms with van der Waals surface area (Å²) in [5, 5.41) is 0. The van der Waals surface area contributed by atoms with Crippen LogP contribution in [0.15, 0.2) is 60.7 Å². The number of carbonyl (C=O) groups excluding carboxylic acids is 1. The Hall–Kier alpha value is -2.59. The molecule has 0 bridgehead atoms. The van der Waals surface area contributed by atoms with Crippen LogP contribution in [0.2, 0.25) is 0 Å². The molecule has 0 heterocycles. The maximum atomic E-state index is 11.5. The molecule has 4 heteroatoms. The molecule has 0 N–H and O–H groups in total. The van der Waals surface area contributed by atoms with Crippen molar-refractivity contribution >= 4 is 5.97 Å². The zero-order chi connectivity index (χ0) is 16.7. The molecule has 0 saturated heterocycles. The zero-order valence-electron chi connectivity index (χ0n) is 13.4. The van der Waals surface area contributed by atoms with Gasteiger partial charge in [-0.25, -0.2) is 4.79 Å². The highest BCUT2D eigenvalue weighted by molar-refractivity contribution is 5.88. The molecule has 0 fully saturated rings. The Bertz CT molecular complexity index is 657. The van der Waals surface area contributed by atoms with E-state index in [1.807, 2.05) is 36.4 Å². The second kappa shape index (κ2) is 8.15. The van der Waals surface area contributed by atoms with Gasteiger partial charge in [0.15, 0.2) is 0 Å². The quantitative estimate of drug-likeness (QED) is 0.337. The van der Waals surface area contributed by atoms with E-state index < -0.39 is 5.97 Å². The standard InChI is InChI=1S/C19H20O4/c1-14(2)19(20)23-18-10-6-16(7-11-18)15-4-8-17(9-5-15)22-13-12-21-3/h4-11H,1,12-13H2,2-3H3. The first kappa shape index (κ1) is 16.8. The van der Waals surface area contributed by atoms with Gasteiger partial charge in [-0.05, 0) is 42.3 Å². The molecule has 2 rings (SSSR count).